The number of aryl methyl sites for hydroxylation is 1. The molecule has 1 atom stereocenters. The van der Waals surface area contributed by atoms with Crippen molar-refractivity contribution in [1.82, 2.24) is 18.9 Å². The minimum atomic E-state index is 0.0527. The highest BCUT2D eigenvalue weighted by atomic mass is 16.5. The molecule has 0 radical (unpaired) electrons. The van der Waals surface area contributed by atoms with Crippen molar-refractivity contribution < 1.29 is 9.53 Å². The van der Waals surface area contributed by atoms with Gasteiger partial charge in [0.25, 0.3) is 5.91 Å². The van der Waals surface area contributed by atoms with Crippen LogP contribution in [0.5, 0.6) is 5.75 Å². The van der Waals surface area contributed by atoms with E-state index in [0.29, 0.717) is 17.9 Å². The molecule has 30 heavy (non-hydrogen) atoms. The van der Waals surface area contributed by atoms with Gasteiger partial charge >= 0.3 is 0 Å². The van der Waals surface area contributed by atoms with E-state index in [1.54, 1.807) is 0 Å². The van der Waals surface area contributed by atoms with Crippen molar-refractivity contribution in [2.24, 2.45) is 7.05 Å². The maximum Gasteiger partial charge on any atom is 0.254 e. The first-order valence-electron chi connectivity index (χ1n) is 10.3. The number of ether oxygens (including phenoxy) is 1. The number of carbonyl (C=O) groups excluding carboxylic acids is 1. The highest BCUT2D eigenvalue weighted by Gasteiger charge is 2.31. The fraction of sp³-hybridized carbons (Fsp3) is 0.250. The van der Waals surface area contributed by atoms with Gasteiger partial charge in [0.15, 0.2) is 0 Å². The van der Waals surface area contributed by atoms with E-state index in [1.807, 2.05) is 83.5 Å². The second-order valence-electron chi connectivity index (χ2n) is 7.72. The molecule has 0 spiro atoms. The van der Waals surface area contributed by atoms with Crippen LogP contribution >= 0.6 is 0 Å². The summed E-state index contributed by atoms with van der Waals surface area (Å²) in [6.07, 6.45) is 7.97. The van der Waals surface area contributed by atoms with E-state index in [0.717, 1.165) is 30.7 Å². The predicted molar refractivity (Wildman–Crippen MR) is 114 cm³/mol. The molecule has 0 aliphatic carbocycles. The van der Waals surface area contributed by atoms with Crippen molar-refractivity contribution in [2.45, 2.75) is 25.5 Å². The van der Waals surface area contributed by atoms with Crippen molar-refractivity contribution in [3.05, 3.63) is 90.1 Å². The van der Waals surface area contributed by atoms with Crippen molar-refractivity contribution in [2.75, 3.05) is 6.54 Å². The lowest BCUT2D eigenvalue weighted by Crippen LogP contribution is -2.31. The number of hydrogen-bond donors (Lipinski definition) is 0. The van der Waals surface area contributed by atoms with Gasteiger partial charge in [0, 0.05) is 43.4 Å². The zero-order chi connectivity index (χ0) is 20.5. The van der Waals surface area contributed by atoms with Gasteiger partial charge < -0.3 is 18.6 Å². The smallest absolute Gasteiger partial charge is 0.254 e. The number of benzene rings is 1. The Kier molecular flexibility index (Phi) is 4.75. The Morgan fingerprint density at radius 3 is 2.90 bits per heavy atom. The molecule has 6 heteroatoms. The highest BCUT2D eigenvalue weighted by Crippen LogP contribution is 2.33. The Labute approximate surface area is 175 Å². The molecule has 1 saturated heterocycles. The molecular weight excluding hydrogens is 376 g/mol. The minimum absolute atomic E-state index is 0.0527. The van der Waals surface area contributed by atoms with Crippen LogP contribution in [0.25, 0.3) is 5.65 Å². The summed E-state index contributed by atoms with van der Waals surface area (Å²) in [5.41, 5.74) is 3.57. The maximum absolute atomic E-state index is 13.3. The molecule has 0 saturated carbocycles. The summed E-state index contributed by atoms with van der Waals surface area (Å²) >= 11 is 0. The number of pyridine rings is 1. The van der Waals surface area contributed by atoms with Crippen LogP contribution in [0.2, 0.25) is 0 Å². The van der Waals surface area contributed by atoms with Gasteiger partial charge in [-0.05, 0) is 55.3 Å². The SMILES string of the molecule is Cn1cccc1C1CCCN1C(=O)c1cccc(OCc2cn3ccccc3n2)c1. The average molecular weight is 400 g/mol. The van der Waals surface area contributed by atoms with Crippen LogP contribution in [0, 0.1) is 0 Å². The fourth-order valence-corrected chi connectivity index (χ4v) is 4.24. The number of likely N-dealkylation sites (tertiary alicyclic amines) is 1. The van der Waals surface area contributed by atoms with E-state index in [2.05, 4.69) is 15.6 Å². The fourth-order valence-electron chi connectivity index (χ4n) is 4.24. The Morgan fingerprint density at radius 2 is 2.07 bits per heavy atom. The van der Waals surface area contributed by atoms with Crippen LogP contribution in [-0.4, -0.2) is 31.3 Å². The molecule has 1 fully saturated rings. The van der Waals surface area contributed by atoms with E-state index < -0.39 is 0 Å². The molecular formula is C24H24N4O2. The van der Waals surface area contributed by atoms with Gasteiger partial charge in [-0.2, -0.15) is 0 Å². The summed E-state index contributed by atoms with van der Waals surface area (Å²) in [6, 6.07) is 17.6. The van der Waals surface area contributed by atoms with E-state index in [1.165, 1.54) is 5.69 Å². The molecule has 1 amide bonds. The largest absolute Gasteiger partial charge is 0.487 e. The van der Waals surface area contributed by atoms with Crippen LogP contribution in [0.3, 0.4) is 0 Å². The highest BCUT2D eigenvalue weighted by molar-refractivity contribution is 5.95. The van der Waals surface area contributed by atoms with Crippen molar-refractivity contribution >= 4 is 11.6 Å². The molecule has 1 aliphatic rings. The molecule has 4 heterocycles. The monoisotopic (exact) mass is 400 g/mol. The Hall–Kier alpha value is -3.54. The summed E-state index contributed by atoms with van der Waals surface area (Å²) in [7, 11) is 2.03. The summed E-state index contributed by atoms with van der Waals surface area (Å²) < 4.78 is 10.0. The second-order valence-corrected chi connectivity index (χ2v) is 7.72. The molecule has 5 rings (SSSR count). The molecule has 3 aromatic heterocycles. The molecule has 1 unspecified atom stereocenters. The maximum atomic E-state index is 13.3. The van der Waals surface area contributed by atoms with Crippen LogP contribution in [0.15, 0.2) is 73.2 Å². The van der Waals surface area contributed by atoms with Crippen molar-refractivity contribution in [3.8, 4) is 5.75 Å². The number of fused-ring (bicyclic) bond motifs is 1. The number of imidazole rings is 1. The number of hydrogen-bond acceptors (Lipinski definition) is 3. The predicted octanol–water partition coefficient (Wildman–Crippen LogP) is 4.23. The lowest BCUT2D eigenvalue weighted by Gasteiger charge is -2.25. The van der Waals surface area contributed by atoms with E-state index in [-0.39, 0.29) is 11.9 Å². The molecule has 4 aromatic rings. The van der Waals surface area contributed by atoms with Crippen LogP contribution < -0.4 is 4.74 Å². The topological polar surface area (TPSA) is 51.8 Å². The Morgan fingerprint density at radius 1 is 1.13 bits per heavy atom. The number of nitrogens with zero attached hydrogens (tertiary/aromatic N) is 4. The third-order valence-electron chi connectivity index (χ3n) is 5.72. The van der Waals surface area contributed by atoms with E-state index >= 15 is 0 Å². The van der Waals surface area contributed by atoms with Crippen LogP contribution in [0.4, 0.5) is 0 Å². The Balaban J connectivity index is 1.31. The molecule has 152 valence electrons. The quantitative estimate of drug-likeness (QED) is 0.504. The number of amides is 1. The van der Waals surface area contributed by atoms with Crippen LogP contribution in [-0.2, 0) is 13.7 Å². The number of carbonyl (C=O) groups is 1. The van der Waals surface area contributed by atoms with Gasteiger partial charge in [-0.25, -0.2) is 4.98 Å². The first-order chi connectivity index (χ1) is 14.7. The molecule has 0 N–H and O–H groups in total. The van der Waals surface area contributed by atoms with E-state index in [4.69, 9.17) is 4.74 Å². The summed E-state index contributed by atoms with van der Waals surface area (Å²) in [5, 5.41) is 0. The number of aromatic nitrogens is 3. The third kappa shape index (κ3) is 3.45. The zero-order valence-corrected chi connectivity index (χ0v) is 16.9. The van der Waals surface area contributed by atoms with Crippen molar-refractivity contribution in [3.63, 3.8) is 0 Å². The third-order valence-corrected chi connectivity index (χ3v) is 5.72. The standard InChI is InChI=1S/C24H24N4O2/c1-26-12-5-9-21(26)22-10-6-14-28(22)24(29)18-7-4-8-20(15-18)30-17-19-16-27-13-3-2-11-23(27)25-19/h2-5,7-9,11-13,15-16,22H,6,10,14,17H2,1H3. The lowest BCUT2D eigenvalue weighted by atomic mass is 10.1. The molecule has 1 aromatic carbocycles. The summed E-state index contributed by atoms with van der Waals surface area (Å²) in [5.74, 6) is 0.726. The number of rotatable bonds is 5. The molecule has 6 nitrogen and oxygen atoms in total. The first-order valence-corrected chi connectivity index (χ1v) is 10.3. The van der Waals surface area contributed by atoms with E-state index in [9.17, 15) is 4.79 Å². The van der Waals surface area contributed by atoms with Gasteiger partial charge in [0.2, 0.25) is 0 Å². The summed E-state index contributed by atoms with van der Waals surface area (Å²) in [6.45, 7) is 1.13. The van der Waals surface area contributed by atoms with Gasteiger partial charge in [-0.3, -0.25) is 4.79 Å². The van der Waals surface area contributed by atoms with Crippen LogP contribution in [0.1, 0.15) is 40.6 Å². The molecule has 1 aliphatic heterocycles. The van der Waals surface area contributed by atoms with Crippen molar-refractivity contribution in [1.29, 1.82) is 0 Å². The summed E-state index contributed by atoms with van der Waals surface area (Å²) in [4.78, 5) is 19.8. The Bertz CT molecular complexity index is 1160. The van der Waals surface area contributed by atoms with Gasteiger partial charge in [-0.15, -0.1) is 0 Å². The van der Waals surface area contributed by atoms with Gasteiger partial charge in [-0.1, -0.05) is 12.1 Å². The molecule has 0 bridgehead atoms. The normalized spacial score (nSPS) is 16.3. The lowest BCUT2D eigenvalue weighted by molar-refractivity contribution is 0.0730. The average Bonchev–Trinajstić information content (AvgIpc) is 3.50. The minimum Gasteiger partial charge on any atom is -0.487 e. The zero-order valence-electron chi connectivity index (χ0n) is 16.9. The second kappa shape index (κ2) is 7.71. The van der Waals surface area contributed by atoms with Gasteiger partial charge in [0.05, 0.1) is 11.7 Å². The van der Waals surface area contributed by atoms with Gasteiger partial charge in [0.1, 0.15) is 18.0 Å². The first kappa shape index (κ1) is 18.5.